The van der Waals surface area contributed by atoms with Crippen molar-refractivity contribution in [2.45, 2.75) is 6.04 Å². The van der Waals surface area contributed by atoms with Crippen LogP contribution in [0.25, 0.3) is 0 Å². The molecule has 0 saturated heterocycles. The number of guanidine groups is 1. The highest BCUT2D eigenvalue weighted by atomic mass is 35.5. The maximum atomic E-state index is 14.0. The van der Waals surface area contributed by atoms with Crippen LogP contribution in [0.5, 0.6) is 0 Å². The third kappa shape index (κ3) is 2.56. The predicted molar refractivity (Wildman–Crippen MR) is 79.5 cm³/mol. The molecule has 0 bridgehead atoms. The van der Waals surface area contributed by atoms with Crippen molar-refractivity contribution >= 4 is 23.2 Å². The average molecular weight is 308 g/mol. The Kier molecular flexibility index (Phi) is 3.51. The lowest BCUT2D eigenvalue weighted by Gasteiger charge is -2.27. The minimum Gasteiger partial charge on any atom is -0.369 e. The molecule has 0 radical (unpaired) electrons. The first kappa shape index (κ1) is 13.8. The largest absolute Gasteiger partial charge is 0.369 e. The number of hydrogen-bond donors (Lipinski definition) is 1. The molecule has 2 aromatic rings. The Morgan fingerprint density at radius 1 is 1.19 bits per heavy atom. The van der Waals surface area contributed by atoms with Gasteiger partial charge in [-0.05, 0) is 36.4 Å². The van der Waals surface area contributed by atoms with E-state index in [2.05, 4.69) is 4.99 Å². The van der Waals surface area contributed by atoms with E-state index < -0.39 is 17.7 Å². The molecule has 1 unspecified atom stereocenters. The Balaban J connectivity index is 2.05. The summed E-state index contributed by atoms with van der Waals surface area (Å²) in [5.74, 6) is -0.729. The second kappa shape index (κ2) is 5.33. The first-order chi connectivity index (χ1) is 10.1. The van der Waals surface area contributed by atoms with Gasteiger partial charge in [0.2, 0.25) is 0 Å². The molecule has 1 heterocycles. The zero-order valence-corrected chi connectivity index (χ0v) is 11.7. The van der Waals surface area contributed by atoms with E-state index in [0.29, 0.717) is 10.7 Å². The SMILES string of the molecule is NC1=NCC(c2cc(F)ccc2F)N1c1cccc(Cl)c1. The fourth-order valence-electron chi connectivity index (χ4n) is 2.44. The lowest BCUT2D eigenvalue weighted by Crippen LogP contribution is -2.36. The summed E-state index contributed by atoms with van der Waals surface area (Å²) in [4.78, 5) is 5.80. The summed E-state index contributed by atoms with van der Waals surface area (Å²) in [5.41, 5.74) is 6.80. The molecule has 0 fully saturated rings. The number of hydrogen-bond acceptors (Lipinski definition) is 3. The van der Waals surface area contributed by atoms with Gasteiger partial charge in [0.05, 0.1) is 12.6 Å². The van der Waals surface area contributed by atoms with Crippen LogP contribution in [0.15, 0.2) is 47.5 Å². The molecular weight excluding hydrogens is 296 g/mol. The Hall–Kier alpha value is -2.14. The van der Waals surface area contributed by atoms with Crippen molar-refractivity contribution in [3.63, 3.8) is 0 Å². The minimum absolute atomic E-state index is 0.221. The molecule has 0 saturated carbocycles. The van der Waals surface area contributed by atoms with E-state index in [1.807, 2.05) is 0 Å². The first-order valence-corrected chi connectivity index (χ1v) is 6.74. The molecule has 0 spiro atoms. The minimum atomic E-state index is -0.497. The third-order valence-corrected chi connectivity index (χ3v) is 3.62. The number of aliphatic imine (C=N–C) groups is 1. The summed E-state index contributed by atoms with van der Waals surface area (Å²) in [5, 5.41) is 0.533. The van der Waals surface area contributed by atoms with Crippen molar-refractivity contribution in [1.82, 2.24) is 0 Å². The Morgan fingerprint density at radius 2 is 2.00 bits per heavy atom. The molecule has 3 nitrogen and oxygen atoms in total. The second-order valence-electron chi connectivity index (χ2n) is 4.73. The van der Waals surface area contributed by atoms with Crippen LogP contribution in [-0.2, 0) is 0 Å². The van der Waals surface area contributed by atoms with Crippen LogP contribution in [0.3, 0.4) is 0 Å². The topological polar surface area (TPSA) is 41.6 Å². The average Bonchev–Trinajstić information content (AvgIpc) is 2.83. The van der Waals surface area contributed by atoms with Gasteiger partial charge in [-0.1, -0.05) is 17.7 Å². The highest BCUT2D eigenvalue weighted by Gasteiger charge is 2.31. The standard InChI is InChI=1S/C15H12ClF2N3/c16-9-2-1-3-11(6-9)21-14(8-20-15(21)19)12-7-10(17)4-5-13(12)18/h1-7,14H,8H2,(H2,19,20). The predicted octanol–water partition coefficient (Wildman–Crippen LogP) is 3.49. The maximum absolute atomic E-state index is 14.0. The number of benzene rings is 2. The van der Waals surface area contributed by atoms with E-state index >= 15 is 0 Å². The van der Waals surface area contributed by atoms with Gasteiger partial charge in [-0.25, -0.2) is 8.78 Å². The van der Waals surface area contributed by atoms with Gasteiger partial charge in [-0.3, -0.25) is 4.99 Å². The van der Waals surface area contributed by atoms with Gasteiger partial charge in [-0.15, -0.1) is 0 Å². The van der Waals surface area contributed by atoms with Gasteiger partial charge >= 0.3 is 0 Å². The van der Waals surface area contributed by atoms with Crippen molar-refractivity contribution < 1.29 is 8.78 Å². The van der Waals surface area contributed by atoms with Gasteiger partial charge in [0.1, 0.15) is 11.6 Å². The second-order valence-corrected chi connectivity index (χ2v) is 5.17. The van der Waals surface area contributed by atoms with Crippen molar-refractivity contribution in [2.75, 3.05) is 11.4 Å². The zero-order valence-electron chi connectivity index (χ0n) is 10.9. The van der Waals surface area contributed by atoms with E-state index in [4.69, 9.17) is 17.3 Å². The molecule has 2 aromatic carbocycles. The van der Waals surface area contributed by atoms with Crippen LogP contribution in [-0.4, -0.2) is 12.5 Å². The Labute approximate surface area is 125 Å². The molecule has 3 rings (SSSR count). The molecule has 2 N–H and O–H groups in total. The van der Waals surface area contributed by atoms with E-state index in [1.54, 1.807) is 29.2 Å². The molecule has 108 valence electrons. The lowest BCUT2D eigenvalue weighted by molar-refractivity contribution is 0.568. The molecule has 1 aliphatic heterocycles. The van der Waals surface area contributed by atoms with Gasteiger partial charge < -0.3 is 10.6 Å². The summed E-state index contributed by atoms with van der Waals surface area (Å²) >= 11 is 5.98. The summed E-state index contributed by atoms with van der Waals surface area (Å²) in [7, 11) is 0. The molecule has 0 aliphatic carbocycles. The van der Waals surface area contributed by atoms with Gasteiger partial charge in [0, 0.05) is 16.3 Å². The number of nitrogens with two attached hydrogens (primary N) is 1. The highest BCUT2D eigenvalue weighted by molar-refractivity contribution is 6.30. The van der Waals surface area contributed by atoms with E-state index in [0.717, 1.165) is 12.1 Å². The van der Waals surface area contributed by atoms with Crippen LogP contribution in [0.1, 0.15) is 11.6 Å². The molecule has 0 amide bonds. The normalized spacial score (nSPS) is 18.0. The molecule has 1 atom stereocenters. The van der Waals surface area contributed by atoms with Gasteiger partial charge in [0.25, 0.3) is 0 Å². The van der Waals surface area contributed by atoms with Gasteiger partial charge in [0.15, 0.2) is 5.96 Å². The van der Waals surface area contributed by atoms with Crippen molar-refractivity contribution in [3.05, 3.63) is 64.7 Å². The molecule has 1 aliphatic rings. The Morgan fingerprint density at radius 3 is 2.76 bits per heavy atom. The number of anilines is 1. The third-order valence-electron chi connectivity index (χ3n) is 3.39. The highest BCUT2D eigenvalue weighted by Crippen LogP contribution is 2.33. The van der Waals surface area contributed by atoms with E-state index in [-0.39, 0.29) is 18.1 Å². The molecule has 0 aromatic heterocycles. The Bertz CT molecular complexity index is 718. The summed E-state index contributed by atoms with van der Waals surface area (Å²) < 4.78 is 27.4. The molecule has 21 heavy (non-hydrogen) atoms. The zero-order chi connectivity index (χ0) is 15.0. The summed E-state index contributed by atoms with van der Waals surface area (Å²) in [6.07, 6.45) is 0. The number of halogens is 3. The van der Waals surface area contributed by atoms with Crippen molar-refractivity contribution in [3.8, 4) is 0 Å². The number of rotatable bonds is 2. The van der Waals surface area contributed by atoms with Crippen molar-refractivity contribution in [1.29, 1.82) is 0 Å². The van der Waals surface area contributed by atoms with Crippen LogP contribution in [0.4, 0.5) is 14.5 Å². The van der Waals surface area contributed by atoms with Crippen LogP contribution in [0, 0.1) is 11.6 Å². The fraction of sp³-hybridized carbons (Fsp3) is 0.133. The van der Waals surface area contributed by atoms with Gasteiger partial charge in [-0.2, -0.15) is 0 Å². The van der Waals surface area contributed by atoms with E-state index in [1.165, 1.54) is 6.07 Å². The summed E-state index contributed by atoms with van der Waals surface area (Å²) in [6, 6.07) is 9.87. The monoisotopic (exact) mass is 307 g/mol. The van der Waals surface area contributed by atoms with Crippen LogP contribution < -0.4 is 10.6 Å². The maximum Gasteiger partial charge on any atom is 0.196 e. The fourth-order valence-corrected chi connectivity index (χ4v) is 2.63. The molecular formula is C15H12ClF2N3. The quantitative estimate of drug-likeness (QED) is 0.922. The number of nitrogens with zero attached hydrogens (tertiary/aromatic N) is 2. The summed E-state index contributed by atoms with van der Waals surface area (Å²) in [6.45, 7) is 0.263. The first-order valence-electron chi connectivity index (χ1n) is 6.36. The molecule has 6 heteroatoms. The van der Waals surface area contributed by atoms with E-state index in [9.17, 15) is 8.78 Å². The van der Waals surface area contributed by atoms with Crippen molar-refractivity contribution in [2.24, 2.45) is 10.7 Å². The smallest absolute Gasteiger partial charge is 0.196 e. The lowest BCUT2D eigenvalue weighted by atomic mass is 10.0. The van der Waals surface area contributed by atoms with Crippen LogP contribution in [0.2, 0.25) is 5.02 Å². The van der Waals surface area contributed by atoms with Crippen LogP contribution >= 0.6 is 11.6 Å².